The van der Waals surface area contributed by atoms with Crippen LogP contribution in [0.4, 0.5) is 0 Å². The number of nitrogens with two attached hydrogens (primary N) is 1. The van der Waals surface area contributed by atoms with Crippen molar-refractivity contribution in [2.24, 2.45) is 22.1 Å². The molecule has 0 aromatic heterocycles. The number of ether oxygens (including phenoxy) is 1. The molecule has 2 aliphatic carbocycles. The molecular formula is C14H25N3O. The van der Waals surface area contributed by atoms with Crippen LogP contribution in [0, 0.1) is 11.3 Å². The van der Waals surface area contributed by atoms with Crippen LogP contribution in [0.3, 0.4) is 0 Å². The maximum absolute atomic E-state index is 6.04. The van der Waals surface area contributed by atoms with Gasteiger partial charge in [-0.1, -0.05) is 13.3 Å². The third-order valence-electron chi connectivity index (χ3n) is 5.27. The van der Waals surface area contributed by atoms with Gasteiger partial charge in [0.2, 0.25) is 0 Å². The summed E-state index contributed by atoms with van der Waals surface area (Å²) in [6.45, 7) is 5.22. The quantitative estimate of drug-likeness (QED) is 0.592. The van der Waals surface area contributed by atoms with Crippen LogP contribution in [-0.4, -0.2) is 30.8 Å². The van der Waals surface area contributed by atoms with Crippen LogP contribution in [0.25, 0.3) is 0 Å². The summed E-state index contributed by atoms with van der Waals surface area (Å²) < 4.78 is 5.89. The van der Waals surface area contributed by atoms with E-state index in [4.69, 9.17) is 15.5 Å². The predicted molar refractivity (Wildman–Crippen MR) is 72.4 cm³/mol. The Bertz CT molecular complexity index is 351. The summed E-state index contributed by atoms with van der Waals surface area (Å²) in [6, 6.07) is 0.817. The Morgan fingerprint density at radius 2 is 2.33 bits per heavy atom. The molecule has 0 bridgehead atoms. The van der Waals surface area contributed by atoms with E-state index in [1.807, 2.05) is 0 Å². The zero-order chi connectivity index (χ0) is 12.8. The molecule has 1 spiro atoms. The lowest BCUT2D eigenvalue weighted by atomic mass is 9.46. The standard InChI is InChI=1S/C14H25N3O/c1-3-9(2)16-13(15)17-11-10-5-8-18-12(10)14(11)6-4-7-14/h9-12H,3-8H2,1-2H3,(H3,15,16,17). The van der Waals surface area contributed by atoms with Crippen LogP contribution >= 0.6 is 0 Å². The second-order valence-electron chi connectivity index (χ2n) is 6.24. The Balaban J connectivity index is 1.69. The summed E-state index contributed by atoms with van der Waals surface area (Å²) in [5.41, 5.74) is 6.39. The van der Waals surface area contributed by atoms with Crippen molar-refractivity contribution < 1.29 is 4.74 Å². The van der Waals surface area contributed by atoms with Gasteiger partial charge in [-0.15, -0.1) is 0 Å². The molecule has 0 aromatic carbocycles. The normalized spacial score (nSPS) is 38.8. The van der Waals surface area contributed by atoms with Crippen LogP contribution in [0.2, 0.25) is 0 Å². The first-order valence-corrected chi connectivity index (χ1v) is 7.39. The Labute approximate surface area is 109 Å². The minimum absolute atomic E-state index is 0.350. The van der Waals surface area contributed by atoms with E-state index in [0.717, 1.165) is 19.4 Å². The van der Waals surface area contributed by atoms with E-state index in [-0.39, 0.29) is 0 Å². The van der Waals surface area contributed by atoms with Crippen molar-refractivity contribution in [1.82, 2.24) is 5.32 Å². The highest BCUT2D eigenvalue weighted by Crippen LogP contribution is 2.64. The molecule has 2 saturated carbocycles. The van der Waals surface area contributed by atoms with Gasteiger partial charge in [-0.3, -0.25) is 0 Å². The summed E-state index contributed by atoms with van der Waals surface area (Å²) in [5, 5.41) is 3.28. The van der Waals surface area contributed by atoms with Crippen molar-refractivity contribution >= 4 is 5.96 Å². The van der Waals surface area contributed by atoms with Gasteiger partial charge in [0.25, 0.3) is 0 Å². The first-order chi connectivity index (χ1) is 8.67. The van der Waals surface area contributed by atoms with E-state index >= 15 is 0 Å². The van der Waals surface area contributed by atoms with Crippen LogP contribution in [0.1, 0.15) is 46.0 Å². The van der Waals surface area contributed by atoms with Gasteiger partial charge >= 0.3 is 0 Å². The van der Waals surface area contributed by atoms with Crippen LogP contribution in [0.15, 0.2) is 4.99 Å². The maximum atomic E-state index is 6.04. The van der Waals surface area contributed by atoms with E-state index < -0.39 is 0 Å². The lowest BCUT2D eigenvalue weighted by Crippen LogP contribution is -2.66. The summed E-state index contributed by atoms with van der Waals surface area (Å²) in [6.07, 6.45) is 6.60. The fraction of sp³-hybridized carbons (Fsp3) is 0.929. The van der Waals surface area contributed by atoms with Gasteiger partial charge in [0, 0.05) is 24.0 Å². The molecule has 18 heavy (non-hydrogen) atoms. The van der Waals surface area contributed by atoms with Crippen LogP contribution in [-0.2, 0) is 4.74 Å². The van der Waals surface area contributed by atoms with Crippen molar-refractivity contribution in [3.63, 3.8) is 0 Å². The third kappa shape index (κ3) is 1.65. The van der Waals surface area contributed by atoms with Gasteiger partial charge in [0.05, 0.1) is 12.1 Å². The second-order valence-corrected chi connectivity index (χ2v) is 6.24. The molecule has 4 heteroatoms. The van der Waals surface area contributed by atoms with E-state index in [1.165, 1.54) is 19.3 Å². The van der Waals surface area contributed by atoms with Crippen molar-refractivity contribution in [3.05, 3.63) is 0 Å². The second kappa shape index (κ2) is 4.41. The van der Waals surface area contributed by atoms with Gasteiger partial charge in [-0.25, -0.2) is 4.99 Å². The van der Waals surface area contributed by atoms with E-state index in [2.05, 4.69) is 19.2 Å². The molecule has 3 rings (SSSR count). The molecule has 3 aliphatic rings. The smallest absolute Gasteiger partial charge is 0.189 e. The molecule has 1 heterocycles. The predicted octanol–water partition coefficient (Wildman–Crippen LogP) is 1.65. The van der Waals surface area contributed by atoms with Gasteiger partial charge < -0.3 is 15.8 Å². The number of rotatable bonds is 3. The molecule has 102 valence electrons. The van der Waals surface area contributed by atoms with Crippen molar-refractivity contribution in [3.8, 4) is 0 Å². The van der Waals surface area contributed by atoms with E-state index in [1.54, 1.807) is 0 Å². The van der Waals surface area contributed by atoms with Gasteiger partial charge in [0.1, 0.15) is 0 Å². The number of nitrogens with zero attached hydrogens (tertiary/aromatic N) is 1. The minimum Gasteiger partial charge on any atom is -0.377 e. The SMILES string of the molecule is CCC(C)NC(N)=NC1C2CCOC2C12CCC2. The molecule has 1 aliphatic heterocycles. The average Bonchev–Trinajstić information content (AvgIpc) is 2.69. The van der Waals surface area contributed by atoms with Gasteiger partial charge in [-0.05, 0) is 32.6 Å². The minimum atomic E-state index is 0.350. The van der Waals surface area contributed by atoms with E-state index in [0.29, 0.717) is 35.5 Å². The Kier molecular flexibility index (Phi) is 3.00. The number of nitrogens with one attached hydrogen (secondary N) is 1. The number of fused-ring (bicyclic) bond motifs is 2. The Morgan fingerprint density at radius 3 is 2.94 bits per heavy atom. The van der Waals surface area contributed by atoms with Gasteiger partial charge in [-0.2, -0.15) is 0 Å². The summed E-state index contributed by atoms with van der Waals surface area (Å²) in [4.78, 5) is 4.79. The fourth-order valence-electron chi connectivity index (χ4n) is 3.93. The molecule has 4 unspecified atom stereocenters. The lowest BCUT2D eigenvalue weighted by molar-refractivity contribution is -0.164. The van der Waals surface area contributed by atoms with Gasteiger partial charge in [0.15, 0.2) is 5.96 Å². The Morgan fingerprint density at radius 1 is 1.56 bits per heavy atom. The number of hydrogen-bond donors (Lipinski definition) is 2. The highest BCUT2D eigenvalue weighted by molar-refractivity contribution is 5.78. The van der Waals surface area contributed by atoms with Crippen molar-refractivity contribution in [2.45, 2.75) is 64.1 Å². The molecule has 0 amide bonds. The highest BCUT2D eigenvalue weighted by Gasteiger charge is 2.66. The summed E-state index contributed by atoms with van der Waals surface area (Å²) in [7, 11) is 0. The zero-order valence-corrected chi connectivity index (χ0v) is 11.5. The average molecular weight is 251 g/mol. The molecule has 4 atom stereocenters. The summed E-state index contributed by atoms with van der Waals surface area (Å²) in [5.74, 6) is 1.26. The van der Waals surface area contributed by atoms with E-state index in [9.17, 15) is 0 Å². The molecular weight excluding hydrogens is 226 g/mol. The number of guanidine groups is 1. The van der Waals surface area contributed by atoms with Crippen LogP contribution in [0.5, 0.6) is 0 Å². The van der Waals surface area contributed by atoms with Crippen molar-refractivity contribution in [1.29, 1.82) is 0 Å². The molecule has 3 fully saturated rings. The first kappa shape index (κ1) is 12.3. The monoisotopic (exact) mass is 251 g/mol. The number of aliphatic imine (C=N–C) groups is 1. The fourth-order valence-corrected chi connectivity index (χ4v) is 3.93. The molecule has 0 radical (unpaired) electrons. The largest absolute Gasteiger partial charge is 0.377 e. The zero-order valence-electron chi connectivity index (χ0n) is 11.5. The topological polar surface area (TPSA) is 59.6 Å². The summed E-state index contributed by atoms with van der Waals surface area (Å²) >= 11 is 0. The third-order valence-corrected chi connectivity index (χ3v) is 5.27. The molecule has 0 aromatic rings. The first-order valence-electron chi connectivity index (χ1n) is 7.39. The highest BCUT2D eigenvalue weighted by atomic mass is 16.5. The van der Waals surface area contributed by atoms with Crippen LogP contribution < -0.4 is 11.1 Å². The lowest BCUT2D eigenvalue weighted by Gasteiger charge is -2.61. The maximum Gasteiger partial charge on any atom is 0.189 e. The number of hydrogen-bond acceptors (Lipinski definition) is 2. The molecule has 1 saturated heterocycles. The van der Waals surface area contributed by atoms with Crippen molar-refractivity contribution in [2.75, 3.05) is 6.61 Å². The molecule has 4 nitrogen and oxygen atoms in total. The Hall–Kier alpha value is -0.770. The molecule has 3 N–H and O–H groups in total.